The van der Waals surface area contributed by atoms with Crippen molar-refractivity contribution in [2.24, 2.45) is 5.92 Å². The van der Waals surface area contributed by atoms with Crippen LogP contribution < -0.4 is 20.1 Å². The number of carbonyl (C=O) groups is 1. The highest BCUT2D eigenvalue weighted by molar-refractivity contribution is 5.73. The number of urea groups is 1. The van der Waals surface area contributed by atoms with E-state index in [1.807, 2.05) is 76.2 Å². The van der Waals surface area contributed by atoms with E-state index in [1.54, 1.807) is 0 Å². The molecule has 0 radical (unpaired) electrons. The number of benzene rings is 2. The molecule has 2 amide bonds. The van der Waals surface area contributed by atoms with Crippen molar-refractivity contribution < 1.29 is 14.3 Å². The van der Waals surface area contributed by atoms with Crippen LogP contribution >= 0.6 is 0 Å². The second kappa shape index (κ2) is 18.1. The van der Waals surface area contributed by atoms with E-state index < -0.39 is 0 Å². The van der Waals surface area contributed by atoms with E-state index in [4.69, 9.17) is 9.47 Å². The molecule has 0 spiro atoms. The average Bonchev–Trinajstić information content (AvgIpc) is 2.82. The number of amides is 2. The Kier molecular flexibility index (Phi) is 16.5. The molecule has 2 aromatic rings. The van der Waals surface area contributed by atoms with Gasteiger partial charge in [-0.2, -0.15) is 0 Å². The molecular formula is C26H42N2O3. The number of hydrogen-bond acceptors (Lipinski definition) is 3. The van der Waals surface area contributed by atoms with Crippen LogP contribution in [-0.2, 0) is 13.1 Å². The number of hydrogen-bond donors (Lipinski definition) is 2. The maximum atomic E-state index is 12.0. The highest BCUT2D eigenvalue weighted by atomic mass is 16.5. The smallest absolute Gasteiger partial charge is 0.315 e. The summed E-state index contributed by atoms with van der Waals surface area (Å²) in [6.07, 6.45) is 0.983. The van der Waals surface area contributed by atoms with Crippen molar-refractivity contribution in [2.45, 2.75) is 68.0 Å². The molecule has 0 aliphatic rings. The molecule has 0 bridgehead atoms. The molecule has 2 N–H and O–H groups in total. The average molecular weight is 431 g/mol. The van der Waals surface area contributed by atoms with Crippen LogP contribution in [0.1, 0.15) is 66.0 Å². The van der Waals surface area contributed by atoms with Crippen LogP contribution in [0.5, 0.6) is 11.5 Å². The van der Waals surface area contributed by atoms with Crippen LogP contribution in [0.15, 0.2) is 48.5 Å². The second-order valence-electron chi connectivity index (χ2n) is 6.88. The van der Waals surface area contributed by atoms with E-state index in [0.29, 0.717) is 32.2 Å². The Morgan fingerprint density at radius 3 is 1.58 bits per heavy atom. The third-order valence-corrected chi connectivity index (χ3v) is 3.81. The van der Waals surface area contributed by atoms with Gasteiger partial charge in [0.2, 0.25) is 0 Å². The lowest BCUT2D eigenvalue weighted by Gasteiger charge is -2.10. The van der Waals surface area contributed by atoms with Crippen LogP contribution in [0.25, 0.3) is 0 Å². The summed E-state index contributed by atoms with van der Waals surface area (Å²) in [6.45, 7) is 16.7. The predicted molar refractivity (Wildman–Crippen MR) is 131 cm³/mol. The third-order valence-electron chi connectivity index (χ3n) is 3.81. The van der Waals surface area contributed by atoms with Gasteiger partial charge in [0.05, 0.1) is 13.2 Å². The fraction of sp³-hybridized carbons (Fsp3) is 0.500. The van der Waals surface area contributed by atoms with Gasteiger partial charge in [-0.15, -0.1) is 0 Å². The molecule has 31 heavy (non-hydrogen) atoms. The van der Waals surface area contributed by atoms with Crippen LogP contribution in [0.2, 0.25) is 0 Å². The van der Waals surface area contributed by atoms with Gasteiger partial charge in [-0.25, -0.2) is 4.79 Å². The lowest BCUT2D eigenvalue weighted by atomic mass is 10.2. The van der Waals surface area contributed by atoms with Gasteiger partial charge < -0.3 is 20.1 Å². The molecule has 0 aromatic heterocycles. The Morgan fingerprint density at radius 1 is 0.774 bits per heavy atom. The van der Waals surface area contributed by atoms with E-state index in [1.165, 1.54) is 0 Å². The first kappa shape index (κ1) is 28.3. The molecule has 0 saturated carbocycles. The standard InChI is InChI=1S/C22H30N2O3.2C2H6/c1-4-13-26-20-9-5-18(6-10-20)14-23-22(25)24-15-19-7-11-21(12-8-19)27-16-17(2)3;2*1-2/h5-12,17H,4,13-16H2,1-3H3,(H2,23,24,25);2*1-2H3. The monoisotopic (exact) mass is 430 g/mol. The summed E-state index contributed by atoms with van der Waals surface area (Å²) in [7, 11) is 0. The van der Waals surface area contributed by atoms with E-state index >= 15 is 0 Å². The summed E-state index contributed by atoms with van der Waals surface area (Å²) in [5.74, 6) is 2.20. The Hall–Kier alpha value is -2.69. The van der Waals surface area contributed by atoms with E-state index in [-0.39, 0.29) is 6.03 Å². The largest absolute Gasteiger partial charge is 0.494 e. The fourth-order valence-corrected chi connectivity index (χ4v) is 2.32. The van der Waals surface area contributed by atoms with Crippen molar-refractivity contribution in [1.29, 1.82) is 0 Å². The SMILES string of the molecule is CC.CC.CCCOc1ccc(CNC(=O)NCc2ccc(OCC(C)C)cc2)cc1. The van der Waals surface area contributed by atoms with E-state index in [9.17, 15) is 4.79 Å². The van der Waals surface area contributed by atoms with Gasteiger partial charge in [-0.05, 0) is 47.7 Å². The van der Waals surface area contributed by atoms with E-state index in [0.717, 1.165) is 29.0 Å². The Morgan fingerprint density at radius 2 is 1.19 bits per heavy atom. The maximum Gasteiger partial charge on any atom is 0.315 e. The molecule has 174 valence electrons. The van der Waals surface area contributed by atoms with Crippen LogP contribution in [0.4, 0.5) is 4.79 Å². The van der Waals surface area contributed by atoms with Gasteiger partial charge in [-0.1, -0.05) is 72.7 Å². The molecule has 2 rings (SSSR count). The van der Waals surface area contributed by atoms with E-state index in [2.05, 4.69) is 31.4 Å². The summed E-state index contributed by atoms with van der Waals surface area (Å²) >= 11 is 0. The minimum atomic E-state index is -0.193. The predicted octanol–water partition coefficient (Wildman–Crippen LogP) is 6.56. The van der Waals surface area contributed by atoms with Gasteiger partial charge in [0, 0.05) is 13.1 Å². The van der Waals surface area contributed by atoms with Crippen molar-refractivity contribution in [2.75, 3.05) is 13.2 Å². The number of nitrogens with one attached hydrogen (secondary N) is 2. The molecule has 0 unspecified atom stereocenters. The zero-order valence-corrected chi connectivity index (χ0v) is 20.5. The number of carbonyl (C=O) groups excluding carboxylic acids is 1. The first-order valence-corrected chi connectivity index (χ1v) is 11.5. The minimum absolute atomic E-state index is 0.193. The molecule has 0 fully saturated rings. The Balaban J connectivity index is 0.00000212. The molecule has 0 atom stereocenters. The summed E-state index contributed by atoms with van der Waals surface area (Å²) in [6, 6.07) is 15.4. The van der Waals surface area contributed by atoms with Crippen LogP contribution in [0.3, 0.4) is 0 Å². The molecule has 0 aliphatic heterocycles. The summed E-state index contributed by atoms with van der Waals surface area (Å²) in [5.41, 5.74) is 2.06. The Bertz CT molecular complexity index is 683. The minimum Gasteiger partial charge on any atom is -0.494 e. The molecule has 0 heterocycles. The van der Waals surface area contributed by atoms with Crippen molar-refractivity contribution in [3.05, 3.63) is 59.7 Å². The maximum absolute atomic E-state index is 12.0. The lowest BCUT2D eigenvalue weighted by Crippen LogP contribution is -2.34. The molecule has 2 aromatic carbocycles. The van der Waals surface area contributed by atoms with Gasteiger partial charge >= 0.3 is 6.03 Å². The highest BCUT2D eigenvalue weighted by Gasteiger charge is 2.03. The summed E-state index contributed by atoms with van der Waals surface area (Å²) < 4.78 is 11.2. The van der Waals surface area contributed by atoms with Gasteiger partial charge in [0.1, 0.15) is 11.5 Å². The van der Waals surface area contributed by atoms with Gasteiger partial charge in [0.15, 0.2) is 0 Å². The van der Waals surface area contributed by atoms with Crippen molar-refractivity contribution in [3.63, 3.8) is 0 Å². The molecule has 5 nitrogen and oxygen atoms in total. The molecule has 5 heteroatoms. The third kappa shape index (κ3) is 13.3. The number of rotatable bonds is 10. The topological polar surface area (TPSA) is 59.6 Å². The summed E-state index contributed by atoms with van der Waals surface area (Å²) in [4.78, 5) is 12.0. The van der Waals surface area contributed by atoms with Crippen LogP contribution in [-0.4, -0.2) is 19.2 Å². The zero-order chi connectivity index (χ0) is 23.5. The second-order valence-corrected chi connectivity index (χ2v) is 6.88. The molecular weight excluding hydrogens is 388 g/mol. The highest BCUT2D eigenvalue weighted by Crippen LogP contribution is 2.14. The normalized spacial score (nSPS) is 9.55. The van der Waals surface area contributed by atoms with Crippen molar-refractivity contribution in [1.82, 2.24) is 10.6 Å². The van der Waals surface area contributed by atoms with Gasteiger partial charge in [-0.3, -0.25) is 0 Å². The Labute approximate surface area is 189 Å². The molecule has 0 aliphatic carbocycles. The lowest BCUT2D eigenvalue weighted by molar-refractivity contribution is 0.240. The fourth-order valence-electron chi connectivity index (χ4n) is 2.32. The van der Waals surface area contributed by atoms with Crippen molar-refractivity contribution in [3.8, 4) is 11.5 Å². The quantitative estimate of drug-likeness (QED) is 0.448. The van der Waals surface area contributed by atoms with Gasteiger partial charge in [0.25, 0.3) is 0 Å². The summed E-state index contributed by atoms with van der Waals surface area (Å²) in [5, 5.41) is 5.72. The first-order chi connectivity index (χ1) is 15.1. The first-order valence-electron chi connectivity index (χ1n) is 11.5. The zero-order valence-electron chi connectivity index (χ0n) is 20.5. The van der Waals surface area contributed by atoms with Crippen molar-refractivity contribution >= 4 is 6.03 Å². The van der Waals surface area contributed by atoms with Crippen LogP contribution in [0, 0.1) is 5.92 Å². The number of ether oxygens (including phenoxy) is 2. The molecule has 0 saturated heterocycles.